The zero-order chi connectivity index (χ0) is 69.5. The molecule has 0 fully saturated rings. The third kappa shape index (κ3) is 9.09. The van der Waals surface area contributed by atoms with Crippen LogP contribution in [-0.4, -0.2) is 34.1 Å². The average Bonchev–Trinajstić information content (AvgIpc) is 1.46. The lowest BCUT2D eigenvalue weighted by atomic mass is 9.85. The first-order valence-corrected chi connectivity index (χ1v) is 36.1. The van der Waals surface area contributed by atoms with Crippen LogP contribution in [0.5, 0.6) is 0 Å². The Kier molecular flexibility index (Phi) is 13.3. The predicted molar refractivity (Wildman–Crippen MR) is 442 cm³/mol. The van der Waals surface area contributed by atoms with E-state index in [-0.39, 0.29) is 0 Å². The highest BCUT2D eigenvalue weighted by atomic mass is 15.0. The molecule has 0 unspecified atom stereocenters. The van der Waals surface area contributed by atoms with Crippen molar-refractivity contribution < 1.29 is 0 Å². The van der Waals surface area contributed by atoms with E-state index in [1.54, 1.807) is 0 Å². The molecule has 4 heterocycles. The second kappa shape index (κ2) is 23.7. The van der Waals surface area contributed by atoms with Crippen LogP contribution in [0.15, 0.2) is 358 Å². The van der Waals surface area contributed by atoms with Crippen LogP contribution in [0, 0.1) is 0 Å². The van der Waals surface area contributed by atoms with E-state index in [1.165, 1.54) is 113 Å². The van der Waals surface area contributed by atoms with Gasteiger partial charge in [-0.25, -0.2) is 24.9 Å². The van der Waals surface area contributed by atoms with Gasteiger partial charge in [-0.1, -0.05) is 303 Å². The van der Waals surface area contributed by atoms with Gasteiger partial charge in [-0.3, -0.25) is 0 Å². The zero-order valence-corrected chi connectivity index (χ0v) is 57.2. The van der Waals surface area contributed by atoms with E-state index in [0.717, 1.165) is 83.8 Å². The molecule has 0 radical (unpaired) electrons. The van der Waals surface area contributed by atoms with E-state index in [9.17, 15) is 0 Å². The van der Waals surface area contributed by atoms with Gasteiger partial charge in [0.2, 0.25) is 0 Å². The maximum atomic E-state index is 5.44. The monoisotopic (exact) mass is 1350 g/mol. The van der Waals surface area contributed by atoms with Crippen LogP contribution in [0.4, 0.5) is 0 Å². The molecule has 4 aromatic heterocycles. The lowest BCUT2D eigenvalue weighted by molar-refractivity contribution is 1.07. The Hall–Kier alpha value is -14.3. The van der Waals surface area contributed by atoms with Crippen LogP contribution in [0.25, 0.3) is 220 Å². The zero-order valence-electron chi connectivity index (χ0n) is 57.2. The van der Waals surface area contributed by atoms with Crippen molar-refractivity contribution in [2.75, 3.05) is 0 Å². The number of aromatic nitrogens is 7. The maximum absolute atomic E-state index is 5.44. The predicted octanol–water partition coefficient (Wildman–Crippen LogP) is 25.8. The standard InChI is InChI=1S/C99H59N7/c1-4-26-61(27-5-1)83-59-84(62-28-6-2-7-29-62)101-96(100-83)65-54-56-67(57-55-65)105-85-48-22-20-44-80(85)93-91-82-47-25-46-69(87(82)74-38-14-15-39-75(74)89(91)77-41-17-18-42-78(77)94(93)105)60-50-52-64(53-51-60)98-102-97(63-30-8-3-9-31-63)103-99(104-98)66-32-24-33-68(58-66)106-86-49-23-21-45-81(86)92-90-73-37-13-11-35-71(73)70-34-10-12-36-72(70)88(90)76-40-16-19-43-79(76)95(92)106/h1-59H. The molecule has 0 amide bonds. The number of hydrogen-bond donors (Lipinski definition) is 0. The molecular formula is C99H59N7. The van der Waals surface area contributed by atoms with Gasteiger partial charge < -0.3 is 9.13 Å². The Morgan fingerprint density at radius 3 is 1.02 bits per heavy atom. The van der Waals surface area contributed by atoms with E-state index < -0.39 is 0 Å². The van der Waals surface area contributed by atoms with Crippen molar-refractivity contribution in [2.24, 2.45) is 0 Å². The van der Waals surface area contributed by atoms with Crippen LogP contribution in [0.1, 0.15) is 0 Å². The summed E-state index contributed by atoms with van der Waals surface area (Å²) in [6.45, 7) is 0. The molecule has 0 saturated heterocycles. The molecule has 0 aliphatic heterocycles. The van der Waals surface area contributed by atoms with Crippen molar-refractivity contribution in [3.05, 3.63) is 358 Å². The minimum atomic E-state index is 0.588. The van der Waals surface area contributed by atoms with Gasteiger partial charge in [0.15, 0.2) is 23.3 Å². The van der Waals surface area contributed by atoms with E-state index in [2.05, 4.69) is 337 Å². The quantitative estimate of drug-likeness (QED) is 0.135. The van der Waals surface area contributed by atoms with Gasteiger partial charge in [0.25, 0.3) is 0 Å². The highest BCUT2D eigenvalue weighted by molar-refractivity contribution is 6.45. The summed E-state index contributed by atoms with van der Waals surface area (Å²) in [5.74, 6) is 2.45. The molecule has 22 aromatic rings. The van der Waals surface area contributed by atoms with Gasteiger partial charge in [-0.05, 0) is 130 Å². The van der Waals surface area contributed by atoms with Crippen LogP contribution in [-0.2, 0) is 0 Å². The largest absolute Gasteiger partial charge is 0.309 e. The van der Waals surface area contributed by atoms with Gasteiger partial charge in [-0.2, -0.15) is 0 Å². The first-order chi connectivity index (χ1) is 52.6. The fourth-order valence-electron chi connectivity index (χ4n) is 17.3. The Morgan fingerprint density at radius 1 is 0.170 bits per heavy atom. The molecule has 0 bridgehead atoms. The third-order valence-corrected chi connectivity index (χ3v) is 21.9. The van der Waals surface area contributed by atoms with Gasteiger partial charge in [-0.15, -0.1) is 0 Å². The lowest BCUT2D eigenvalue weighted by Crippen LogP contribution is -2.01. The van der Waals surface area contributed by atoms with E-state index in [1.807, 2.05) is 30.3 Å². The lowest BCUT2D eigenvalue weighted by Gasteiger charge is -2.18. The SMILES string of the molecule is c1ccc(-c2cc(-c3ccccc3)nc(-c3ccc(-n4c5ccccc5c5c6c7cccc(-c8ccc(-c9nc(-c%10ccccc%10)nc(-c%10cccc(-n%11c%12ccccc%12c%12c%13c%14ccccc%14c%14ccccc%14c%13c%13ccccc%13c%12%11)c%10)n9)cc8)c7c7ccccc7c6c6ccccc6c54)cc3)n2)cc1. The molecule has 0 saturated carbocycles. The topological polar surface area (TPSA) is 74.3 Å². The second-order valence-electron chi connectivity index (χ2n) is 27.6. The second-order valence-corrected chi connectivity index (χ2v) is 27.6. The smallest absolute Gasteiger partial charge is 0.164 e. The molecule has 7 nitrogen and oxygen atoms in total. The van der Waals surface area contributed by atoms with Gasteiger partial charge >= 0.3 is 0 Å². The summed E-state index contributed by atoms with van der Waals surface area (Å²) >= 11 is 0. The minimum absolute atomic E-state index is 0.588. The molecule has 0 aliphatic rings. The first-order valence-electron chi connectivity index (χ1n) is 36.1. The molecule has 0 atom stereocenters. The highest BCUT2D eigenvalue weighted by Crippen LogP contribution is 2.52. The molecule has 0 N–H and O–H groups in total. The summed E-state index contributed by atoms with van der Waals surface area (Å²) < 4.78 is 4.94. The number of benzene rings is 18. The molecule has 106 heavy (non-hydrogen) atoms. The molecule has 0 spiro atoms. The van der Waals surface area contributed by atoms with Gasteiger partial charge in [0.1, 0.15) is 0 Å². The minimum Gasteiger partial charge on any atom is -0.309 e. The summed E-state index contributed by atoms with van der Waals surface area (Å²) in [6.07, 6.45) is 0. The maximum Gasteiger partial charge on any atom is 0.164 e. The summed E-state index contributed by atoms with van der Waals surface area (Å²) in [5.41, 5.74) is 16.3. The summed E-state index contributed by atoms with van der Waals surface area (Å²) in [6, 6.07) is 129. The molecular weight excluding hydrogens is 1290 g/mol. The van der Waals surface area contributed by atoms with E-state index in [4.69, 9.17) is 24.9 Å². The van der Waals surface area contributed by atoms with Crippen molar-refractivity contribution in [3.8, 4) is 90.6 Å². The number of hydrogen-bond acceptors (Lipinski definition) is 5. The first kappa shape index (κ1) is 59.4. The fraction of sp³-hybridized carbons (Fsp3) is 0. The summed E-state index contributed by atoms with van der Waals surface area (Å²) in [7, 11) is 0. The van der Waals surface area contributed by atoms with Crippen molar-refractivity contribution in [1.29, 1.82) is 0 Å². The number of nitrogens with zero attached hydrogens (tertiary/aromatic N) is 7. The number of rotatable bonds is 9. The van der Waals surface area contributed by atoms with Crippen molar-refractivity contribution in [2.45, 2.75) is 0 Å². The van der Waals surface area contributed by atoms with Crippen LogP contribution >= 0.6 is 0 Å². The van der Waals surface area contributed by atoms with Crippen LogP contribution in [0.3, 0.4) is 0 Å². The average molecular weight is 1350 g/mol. The van der Waals surface area contributed by atoms with E-state index >= 15 is 0 Å². The Balaban J connectivity index is 0.694. The van der Waals surface area contributed by atoms with Gasteiger partial charge in [0, 0.05) is 87.8 Å². The van der Waals surface area contributed by atoms with Crippen molar-refractivity contribution >= 4 is 130 Å². The molecule has 0 aliphatic carbocycles. The molecule has 22 rings (SSSR count). The number of para-hydroxylation sites is 2. The van der Waals surface area contributed by atoms with Crippen molar-refractivity contribution in [1.82, 2.24) is 34.1 Å². The molecule has 7 heteroatoms. The Morgan fingerprint density at radius 2 is 0.500 bits per heavy atom. The van der Waals surface area contributed by atoms with Crippen molar-refractivity contribution in [3.63, 3.8) is 0 Å². The van der Waals surface area contributed by atoms with Crippen LogP contribution < -0.4 is 0 Å². The number of fused-ring (bicyclic) bond motifs is 26. The fourth-order valence-corrected chi connectivity index (χ4v) is 17.3. The highest BCUT2D eigenvalue weighted by Gasteiger charge is 2.27. The third-order valence-electron chi connectivity index (χ3n) is 21.9. The van der Waals surface area contributed by atoms with Crippen LogP contribution in [0.2, 0.25) is 0 Å². The molecule has 18 aromatic carbocycles. The molecule has 490 valence electrons. The normalized spacial score (nSPS) is 12.0. The van der Waals surface area contributed by atoms with E-state index in [0.29, 0.717) is 23.3 Å². The Bertz CT molecular complexity index is 7350. The summed E-state index contributed by atoms with van der Waals surface area (Å²) in [4.78, 5) is 26.5. The summed E-state index contributed by atoms with van der Waals surface area (Å²) in [5, 5.41) is 24.5. The Labute approximate surface area is 608 Å². The van der Waals surface area contributed by atoms with Gasteiger partial charge in [0.05, 0.1) is 33.5 Å².